The van der Waals surface area contributed by atoms with Gasteiger partial charge in [-0.3, -0.25) is 5.32 Å². The van der Waals surface area contributed by atoms with Gasteiger partial charge in [0.2, 0.25) is 22.3 Å². The topological polar surface area (TPSA) is 149 Å². The SMILES string of the molecule is CC(C)(C)OC(=O)Nc1nc(C(=NOC2(C(=O)OC(c3ccccc3)c3ccccc3)CC2)C(=O)O)ns1. The fourth-order valence-corrected chi connectivity index (χ4v) is 3.87. The number of ether oxygens (including phenoxy) is 2. The zero-order valence-corrected chi connectivity index (χ0v) is 21.7. The lowest BCUT2D eigenvalue weighted by atomic mass is 10.0. The monoisotopic (exact) mass is 538 g/mol. The maximum absolute atomic E-state index is 13.2. The number of rotatable bonds is 9. The van der Waals surface area contributed by atoms with Gasteiger partial charge in [-0.1, -0.05) is 65.8 Å². The van der Waals surface area contributed by atoms with Gasteiger partial charge in [0.15, 0.2) is 6.10 Å². The zero-order chi connectivity index (χ0) is 27.3. The number of aromatic nitrogens is 2. The lowest BCUT2D eigenvalue weighted by Crippen LogP contribution is -2.30. The van der Waals surface area contributed by atoms with Crippen LogP contribution in [-0.4, -0.2) is 49.4 Å². The summed E-state index contributed by atoms with van der Waals surface area (Å²) in [5.41, 5.74) is -1.23. The molecule has 3 aromatic rings. The smallest absolute Gasteiger partial charge is 0.414 e. The number of anilines is 1. The summed E-state index contributed by atoms with van der Waals surface area (Å²) in [6, 6.07) is 18.5. The third kappa shape index (κ3) is 6.71. The molecule has 0 unspecified atom stereocenters. The first-order chi connectivity index (χ1) is 18.1. The highest BCUT2D eigenvalue weighted by atomic mass is 32.1. The van der Waals surface area contributed by atoms with Gasteiger partial charge in [0.05, 0.1) is 0 Å². The van der Waals surface area contributed by atoms with Crippen LogP contribution >= 0.6 is 11.5 Å². The van der Waals surface area contributed by atoms with Crippen molar-refractivity contribution in [3.05, 3.63) is 77.6 Å². The quantitative estimate of drug-likeness (QED) is 0.227. The van der Waals surface area contributed by atoms with Crippen LogP contribution in [0.2, 0.25) is 0 Å². The van der Waals surface area contributed by atoms with Gasteiger partial charge >= 0.3 is 18.0 Å². The van der Waals surface area contributed by atoms with E-state index in [-0.39, 0.29) is 11.0 Å². The predicted octanol–water partition coefficient (Wildman–Crippen LogP) is 4.56. The van der Waals surface area contributed by atoms with Gasteiger partial charge in [-0.15, -0.1) is 0 Å². The minimum absolute atomic E-state index is 0.0114. The van der Waals surface area contributed by atoms with Crippen molar-refractivity contribution in [2.75, 3.05) is 5.32 Å². The van der Waals surface area contributed by atoms with Crippen LogP contribution in [0.1, 0.15) is 56.7 Å². The lowest BCUT2D eigenvalue weighted by Gasteiger charge is -2.21. The minimum atomic E-state index is -1.47. The molecule has 1 aliphatic carbocycles. The van der Waals surface area contributed by atoms with Gasteiger partial charge in [-0.05, 0) is 31.9 Å². The summed E-state index contributed by atoms with van der Waals surface area (Å²) in [7, 11) is 0. The predicted molar refractivity (Wildman–Crippen MR) is 138 cm³/mol. The molecule has 38 heavy (non-hydrogen) atoms. The molecule has 2 N–H and O–H groups in total. The van der Waals surface area contributed by atoms with E-state index in [0.29, 0.717) is 12.8 Å². The summed E-state index contributed by atoms with van der Waals surface area (Å²) in [4.78, 5) is 46.4. The maximum Gasteiger partial charge on any atom is 0.414 e. The summed E-state index contributed by atoms with van der Waals surface area (Å²) < 4.78 is 14.9. The lowest BCUT2D eigenvalue weighted by molar-refractivity contribution is -0.164. The van der Waals surface area contributed by atoms with Gasteiger partial charge in [-0.2, -0.15) is 9.36 Å². The number of nitrogens with one attached hydrogen (secondary N) is 1. The summed E-state index contributed by atoms with van der Waals surface area (Å²) in [6.45, 7) is 5.10. The van der Waals surface area contributed by atoms with E-state index in [1.165, 1.54) is 0 Å². The van der Waals surface area contributed by atoms with Crippen LogP contribution in [0, 0.1) is 0 Å². The highest BCUT2D eigenvalue weighted by Gasteiger charge is 2.56. The number of carboxylic acid groups (broad SMARTS) is 1. The highest BCUT2D eigenvalue weighted by Crippen LogP contribution is 2.43. The molecule has 0 aliphatic heterocycles. The first-order valence-electron chi connectivity index (χ1n) is 11.7. The fraction of sp³-hybridized carbons (Fsp3) is 0.308. The van der Waals surface area contributed by atoms with Gasteiger partial charge in [0.25, 0.3) is 0 Å². The standard InChI is InChI=1S/C26H26N4O7S/c1-25(2,3)36-24(34)28-23-27-20(30-38-23)18(21(31)32)29-37-26(14-15-26)22(33)35-19(16-10-6-4-7-11-16)17-12-8-5-9-13-17/h4-13,19H,14-15H2,1-3H3,(H,31,32)(H,27,28,30,34). The van der Waals surface area contributed by atoms with E-state index in [2.05, 4.69) is 19.8 Å². The van der Waals surface area contributed by atoms with E-state index in [9.17, 15) is 19.5 Å². The van der Waals surface area contributed by atoms with Gasteiger partial charge in [0, 0.05) is 24.4 Å². The van der Waals surface area contributed by atoms with Gasteiger partial charge in [0.1, 0.15) is 5.60 Å². The molecule has 1 saturated carbocycles. The number of carbonyl (C=O) groups is 3. The highest BCUT2D eigenvalue weighted by molar-refractivity contribution is 7.10. The van der Waals surface area contributed by atoms with Crippen molar-refractivity contribution in [1.82, 2.24) is 9.36 Å². The molecule has 11 nitrogen and oxygen atoms in total. The second kappa shape index (κ2) is 11.0. The molecule has 0 saturated heterocycles. The Morgan fingerprint density at radius 3 is 2.11 bits per heavy atom. The maximum atomic E-state index is 13.2. The number of amides is 1. The Morgan fingerprint density at radius 1 is 1.03 bits per heavy atom. The Morgan fingerprint density at radius 2 is 1.61 bits per heavy atom. The summed E-state index contributed by atoms with van der Waals surface area (Å²) >= 11 is 0.744. The van der Waals surface area contributed by atoms with Crippen LogP contribution in [0.3, 0.4) is 0 Å². The number of oxime groups is 1. The molecule has 1 amide bonds. The van der Waals surface area contributed by atoms with Crippen molar-refractivity contribution in [3.63, 3.8) is 0 Å². The number of carbonyl (C=O) groups excluding carboxylic acids is 2. The van der Waals surface area contributed by atoms with E-state index < -0.39 is 41.0 Å². The largest absolute Gasteiger partial charge is 0.476 e. The summed E-state index contributed by atoms with van der Waals surface area (Å²) in [6.07, 6.45) is -0.852. The molecule has 0 bridgehead atoms. The van der Waals surface area contributed by atoms with Crippen LogP contribution in [0.4, 0.5) is 9.93 Å². The summed E-state index contributed by atoms with van der Waals surface area (Å²) in [5.74, 6) is -2.42. The van der Waals surface area contributed by atoms with Crippen LogP contribution in [0.5, 0.6) is 0 Å². The van der Waals surface area contributed by atoms with Crippen LogP contribution in [-0.2, 0) is 23.9 Å². The van der Waals surface area contributed by atoms with Crippen LogP contribution < -0.4 is 5.32 Å². The van der Waals surface area contributed by atoms with E-state index in [1.807, 2.05) is 60.7 Å². The number of hydrogen-bond donors (Lipinski definition) is 2. The number of nitrogens with zero attached hydrogens (tertiary/aromatic N) is 3. The third-order valence-electron chi connectivity index (χ3n) is 5.27. The number of esters is 1. The third-order valence-corrected chi connectivity index (χ3v) is 5.90. The molecule has 2 aromatic carbocycles. The molecule has 0 radical (unpaired) electrons. The van der Waals surface area contributed by atoms with E-state index in [4.69, 9.17) is 14.3 Å². The molecular formula is C26H26N4O7S. The number of carboxylic acids is 1. The first-order valence-corrected chi connectivity index (χ1v) is 12.5. The Kier molecular flexibility index (Phi) is 7.72. The van der Waals surface area contributed by atoms with Gasteiger partial charge < -0.3 is 19.4 Å². The molecule has 1 heterocycles. The van der Waals surface area contributed by atoms with E-state index in [0.717, 1.165) is 22.7 Å². The molecule has 1 fully saturated rings. The average Bonchev–Trinajstić information content (AvgIpc) is 3.53. The van der Waals surface area contributed by atoms with Crippen LogP contribution in [0.15, 0.2) is 65.8 Å². The second-order valence-corrected chi connectivity index (χ2v) is 10.2. The van der Waals surface area contributed by atoms with E-state index in [1.54, 1.807) is 20.8 Å². The zero-order valence-electron chi connectivity index (χ0n) is 20.9. The number of hydrogen-bond acceptors (Lipinski definition) is 10. The van der Waals surface area contributed by atoms with Crippen molar-refractivity contribution in [1.29, 1.82) is 0 Å². The van der Waals surface area contributed by atoms with Crippen molar-refractivity contribution in [2.45, 2.75) is 50.9 Å². The van der Waals surface area contributed by atoms with E-state index >= 15 is 0 Å². The first kappa shape index (κ1) is 26.7. The van der Waals surface area contributed by atoms with Crippen molar-refractivity contribution in [2.24, 2.45) is 5.16 Å². The Hall–Kier alpha value is -4.32. The Bertz CT molecular complexity index is 1290. The Balaban J connectivity index is 1.49. The number of benzene rings is 2. The average molecular weight is 539 g/mol. The second-order valence-electron chi connectivity index (χ2n) is 9.49. The molecule has 198 valence electrons. The molecule has 0 spiro atoms. The molecule has 1 aliphatic rings. The van der Waals surface area contributed by atoms with Crippen molar-refractivity contribution < 1.29 is 33.8 Å². The van der Waals surface area contributed by atoms with Crippen molar-refractivity contribution >= 4 is 40.4 Å². The number of aliphatic carboxylic acids is 1. The summed E-state index contributed by atoms with van der Waals surface area (Å²) in [5, 5.41) is 15.8. The molecule has 12 heteroatoms. The molecule has 1 aromatic heterocycles. The molecule has 4 rings (SSSR count). The molecular weight excluding hydrogens is 512 g/mol. The van der Waals surface area contributed by atoms with Crippen molar-refractivity contribution in [3.8, 4) is 0 Å². The fourth-order valence-electron chi connectivity index (χ4n) is 3.31. The Labute approximate surface area is 222 Å². The van der Waals surface area contributed by atoms with Crippen LogP contribution in [0.25, 0.3) is 0 Å². The van der Waals surface area contributed by atoms with Gasteiger partial charge in [-0.25, -0.2) is 14.4 Å². The minimum Gasteiger partial charge on any atom is -0.476 e. The molecule has 0 atom stereocenters. The normalized spacial score (nSPS) is 14.5.